The molecule has 7 nitrogen and oxygen atoms in total. The number of nitro groups is 1. The van der Waals surface area contributed by atoms with Gasteiger partial charge in [-0.3, -0.25) is 10.1 Å². The van der Waals surface area contributed by atoms with Crippen LogP contribution in [-0.4, -0.2) is 30.9 Å². The second-order valence-corrected chi connectivity index (χ2v) is 5.63. The number of hydrogen-bond donors (Lipinski definition) is 0. The summed E-state index contributed by atoms with van der Waals surface area (Å²) < 4.78 is 5.14. The Balaban J connectivity index is 1.89. The second-order valence-electron chi connectivity index (χ2n) is 5.63. The molecule has 0 N–H and O–H groups in total. The van der Waals surface area contributed by atoms with Gasteiger partial charge in [-0.25, -0.2) is 9.79 Å². The molecule has 2 aromatic carbocycles. The van der Waals surface area contributed by atoms with E-state index in [0.717, 1.165) is 11.3 Å². The molecule has 0 atom stereocenters. The Morgan fingerprint density at radius 3 is 2.52 bits per heavy atom. The van der Waals surface area contributed by atoms with Crippen LogP contribution in [0.25, 0.3) is 6.08 Å². The van der Waals surface area contributed by atoms with E-state index in [2.05, 4.69) is 4.99 Å². The summed E-state index contributed by atoms with van der Waals surface area (Å²) in [6.07, 6.45) is 1.62. The quantitative estimate of drug-likeness (QED) is 0.370. The van der Waals surface area contributed by atoms with Crippen molar-refractivity contribution in [2.45, 2.75) is 0 Å². The standard InChI is InChI=1S/C18H15N3O4/c1-20(2)14-8-6-12(7-9-14)10-16-18(22)25-17(19-16)13-4-3-5-15(11-13)21(23)24/h3-11H,1-2H3/b16-10-. The minimum atomic E-state index is -0.585. The van der Waals surface area contributed by atoms with Gasteiger partial charge < -0.3 is 9.64 Å². The number of nitro benzene ring substituents is 1. The minimum absolute atomic E-state index is 0.0601. The Bertz CT molecular complexity index is 899. The van der Waals surface area contributed by atoms with Crippen LogP contribution < -0.4 is 4.90 Å². The summed E-state index contributed by atoms with van der Waals surface area (Å²) in [7, 11) is 3.88. The maximum atomic E-state index is 12.0. The molecule has 0 aliphatic carbocycles. The highest BCUT2D eigenvalue weighted by molar-refractivity contribution is 6.13. The van der Waals surface area contributed by atoms with Crippen LogP contribution in [0.1, 0.15) is 11.1 Å². The summed E-state index contributed by atoms with van der Waals surface area (Å²) in [6.45, 7) is 0. The second kappa shape index (κ2) is 6.56. The lowest BCUT2D eigenvalue weighted by Gasteiger charge is -2.11. The molecule has 7 heteroatoms. The fraction of sp³-hybridized carbons (Fsp3) is 0.111. The molecule has 2 aromatic rings. The number of aliphatic imine (C=N–C) groups is 1. The van der Waals surface area contributed by atoms with Gasteiger partial charge in [-0.15, -0.1) is 0 Å². The van der Waals surface area contributed by atoms with Crippen LogP contribution in [0.5, 0.6) is 0 Å². The van der Waals surface area contributed by atoms with Gasteiger partial charge in [0.15, 0.2) is 5.70 Å². The van der Waals surface area contributed by atoms with Gasteiger partial charge in [-0.1, -0.05) is 18.2 Å². The Hall–Kier alpha value is -3.48. The van der Waals surface area contributed by atoms with Crippen molar-refractivity contribution in [3.63, 3.8) is 0 Å². The number of hydrogen-bond acceptors (Lipinski definition) is 6. The number of ether oxygens (including phenoxy) is 1. The van der Waals surface area contributed by atoms with E-state index in [1.807, 2.05) is 43.3 Å². The number of nitrogens with zero attached hydrogens (tertiary/aromatic N) is 3. The first-order valence-corrected chi connectivity index (χ1v) is 7.49. The van der Waals surface area contributed by atoms with Gasteiger partial charge >= 0.3 is 5.97 Å². The first kappa shape index (κ1) is 16.4. The molecular weight excluding hydrogens is 322 g/mol. The molecule has 1 aliphatic rings. The van der Waals surface area contributed by atoms with Crippen molar-refractivity contribution in [1.82, 2.24) is 0 Å². The lowest BCUT2D eigenvalue weighted by Crippen LogP contribution is -2.08. The predicted molar refractivity (Wildman–Crippen MR) is 94.5 cm³/mol. The maximum Gasteiger partial charge on any atom is 0.363 e. The van der Waals surface area contributed by atoms with Crippen molar-refractivity contribution in [2.24, 2.45) is 4.99 Å². The normalized spacial score (nSPS) is 15.0. The summed E-state index contributed by atoms with van der Waals surface area (Å²) in [5.74, 6) is -0.525. The van der Waals surface area contributed by atoms with E-state index in [-0.39, 0.29) is 17.3 Å². The van der Waals surface area contributed by atoms with Gasteiger partial charge in [0.05, 0.1) is 4.92 Å². The van der Waals surface area contributed by atoms with Crippen LogP contribution in [0.3, 0.4) is 0 Å². The van der Waals surface area contributed by atoms with Crippen LogP contribution >= 0.6 is 0 Å². The third-order valence-electron chi connectivity index (χ3n) is 3.64. The van der Waals surface area contributed by atoms with Crippen LogP contribution in [0.4, 0.5) is 11.4 Å². The third-order valence-corrected chi connectivity index (χ3v) is 3.64. The zero-order valence-electron chi connectivity index (χ0n) is 13.7. The van der Waals surface area contributed by atoms with Gasteiger partial charge in [0.2, 0.25) is 5.90 Å². The largest absolute Gasteiger partial charge is 0.402 e. The third kappa shape index (κ3) is 3.55. The van der Waals surface area contributed by atoms with Gasteiger partial charge in [0.1, 0.15) is 0 Å². The maximum absolute atomic E-state index is 12.0. The number of carbonyl (C=O) groups is 1. The van der Waals surface area contributed by atoms with E-state index in [9.17, 15) is 14.9 Å². The van der Waals surface area contributed by atoms with E-state index < -0.39 is 10.9 Å². The fourth-order valence-corrected chi connectivity index (χ4v) is 2.31. The molecule has 0 amide bonds. The van der Waals surface area contributed by atoms with Crippen molar-refractivity contribution in [1.29, 1.82) is 0 Å². The van der Waals surface area contributed by atoms with Gasteiger partial charge in [0, 0.05) is 37.5 Å². The molecule has 3 rings (SSSR count). The van der Waals surface area contributed by atoms with E-state index in [1.54, 1.807) is 12.1 Å². The molecule has 0 saturated heterocycles. The Kier molecular flexibility index (Phi) is 4.30. The molecule has 0 aromatic heterocycles. The first-order chi connectivity index (χ1) is 11.9. The summed E-state index contributed by atoms with van der Waals surface area (Å²) in [4.78, 5) is 28.5. The molecule has 25 heavy (non-hydrogen) atoms. The lowest BCUT2D eigenvalue weighted by molar-refractivity contribution is -0.384. The smallest absolute Gasteiger partial charge is 0.363 e. The topological polar surface area (TPSA) is 85.0 Å². The minimum Gasteiger partial charge on any atom is -0.402 e. The van der Waals surface area contributed by atoms with Crippen molar-refractivity contribution >= 4 is 29.3 Å². The van der Waals surface area contributed by atoms with Gasteiger partial charge in [-0.05, 0) is 29.8 Å². The highest BCUT2D eigenvalue weighted by Gasteiger charge is 2.25. The van der Waals surface area contributed by atoms with E-state index in [4.69, 9.17) is 4.74 Å². The number of non-ortho nitro benzene ring substituents is 1. The predicted octanol–water partition coefficient (Wildman–Crippen LogP) is 3.01. The van der Waals surface area contributed by atoms with Crippen LogP contribution in [0.2, 0.25) is 0 Å². The fourth-order valence-electron chi connectivity index (χ4n) is 2.31. The van der Waals surface area contributed by atoms with Crippen molar-refractivity contribution in [2.75, 3.05) is 19.0 Å². The summed E-state index contributed by atoms with van der Waals surface area (Å²) >= 11 is 0. The van der Waals surface area contributed by atoms with E-state index in [0.29, 0.717) is 5.56 Å². The highest BCUT2D eigenvalue weighted by Crippen LogP contribution is 2.22. The van der Waals surface area contributed by atoms with Crippen LogP contribution in [-0.2, 0) is 9.53 Å². The number of anilines is 1. The summed E-state index contributed by atoms with van der Waals surface area (Å²) in [6, 6.07) is 13.4. The van der Waals surface area contributed by atoms with Gasteiger partial charge in [0.25, 0.3) is 5.69 Å². The molecule has 1 aliphatic heterocycles. The number of carbonyl (C=O) groups excluding carboxylic acids is 1. The Labute approximate surface area is 144 Å². The number of benzene rings is 2. The Morgan fingerprint density at radius 1 is 1.16 bits per heavy atom. The van der Waals surface area contributed by atoms with Crippen molar-refractivity contribution < 1.29 is 14.5 Å². The molecule has 0 fully saturated rings. The van der Waals surface area contributed by atoms with Gasteiger partial charge in [-0.2, -0.15) is 0 Å². The first-order valence-electron chi connectivity index (χ1n) is 7.49. The SMILES string of the molecule is CN(C)c1ccc(/C=C2\N=C(c3cccc([N+](=O)[O-])c3)OC2=O)cc1. The lowest BCUT2D eigenvalue weighted by atomic mass is 10.1. The molecule has 1 heterocycles. The number of esters is 1. The molecular formula is C18H15N3O4. The molecule has 0 unspecified atom stereocenters. The number of cyclic esters (lactones) is 1. The molecule has 126 valence electrons. The van der Waals surface area contributed by atoms with Crippen LogP contribution in [0, 0.1) is 10.1 Å². The van der Waals surface area contributed by atoms with E-state index >= 15 is 0 Å². The monoisotopic (exact) mass is 337 g/mol. The molecule has 0 saturated carbocycles. The zero-order chi connectivity index (χ0) is 18.0. The zero-order valence-corrected chi connectivity index (χ0v) is 13.7. The van der Waals surface area contributed by atoms with Crippen LogP contribution in [0.15, 0.2) is 59.2 Å². The van der Waals surface area contributed by atoms with Crippen molar-refractivity contribution in [3.05, 3.63) is 75.5 Å². The average molecular weight is 337 g/mol. The molecule has 0 spiro atoms. The molecule has 0 radical (unpaired) electrons. The molecule has 0 bridgehead atoms. The summed E-state index contributed by atoms with van der Waals surface area (Å²) in [5.41, 5.74) is 2.29. The van der Waals surface area contributed by atoms with E-state index in [1.165, 1.54) is 18.2 Å². The Morgan fingerprint density at radius 2 is 1.88 bits per heavy atom. The highest BCUT2D eigenvalue weighted by atomic mass is 16.6. The summed E-state index contributed by atoms with van der Waals surface area (Å²) in [5, 5.41) is 10.9. The number of rotatable bonds is 4. The van der Waals surface area contributed by atoms with Crippen molar-refractivity contribution in [3.8, 4) is 0 Å². The average Bonchev–Trinajstić information content (AvgIpc) is 2.96.